The highest BCUT2D eigenvalue weighted by molar-refractivity contribution is 6.06. The SMILES string of the molecule is CCOc1ccc(-c2c3n(c4ccc(OC)cc24)CCc2cc(OCC)c(OCC)cc2-3)cc1OCC. The third kappa shape index (κ3) is 4.45. The molecule has 0 fully saturated rings. The lowest BCUT2D eigenvalue weighted by atomic mass is 9.92. The van der Waals surface area contributed by atoms with Crippen molar-refractivity contribution in [1.29, 1.82) is 0 Å². The van der Waals surface area contributed by atoms with Crippen LogP contribution in [-0.4, -0.2) is 38.1 Å². The first kappa shape index (κ1) is 24.9. The van der Waals surface area contributed by atoms with Gasteiger partial charge in [-0.2, -0.15) is 0 Å². The molecule has 4 aromatic rings. The lowest BCUT2D eigenvalue weighted by Gasteiger charge is -2.24. The van der Waals surface area contributed by atoms with E-state index in [1.54, 1.807) is 7.11 Å². The quantitative estimate of drug-likeness (QED) is 0.231. The minimum Gasteiger partial charge on any atom is -0.497 e. The maximum absolute atomic E-state index is 6.03. The van der Waals surface area contributed by atoms with Crippen molar-refractivity contribution in [3.05, 3.63) is 54.1 Å². The normalized spacial score (nSPS) is 12.1. The van der Waals surface area contributed by atoms with E-state index in [0.717, 1.165) is 63.8 Å². The maximum Gasteiger partial charge on any atom is 0.161 e. The van der Waals surface area contributed by atoms with Crippen molar-refractivity contribution >= 4 is 10.9 Å². The summed E-state index contributed by atoms with van der Waals surface area (Å²) in [6, 6.07) is 16.8. The number of hydrogen-bond acceptors (Lipinski definition) is 5. The van der Waals surface area contributed by atoms with Crippen LogP contribution in [-0.2, 0) is 13.0 Å². The number of ether oxygens (including phenoxy) is 5. The Kier molecular flexibility index (Phi) is 7.17. The van der Waals surface area contributed by atoms with E-state index in [1.165, 1.54) is 16.8 Å². The molecule has 3 aromatic carbocycles. The summed E-state index contributed by atoms with van der Waals surface area (Å²) in [6.45, 7) is 11.2. The van der Waals surface area contributed by atoms with E-state index in [1.807, 2.05) is 39.8 Å². The standard InChI is InChI=1S/C31H35NO5/c1-6-34-26-13-10-21(17-27(26)35-7-2)30-24-18-22(33-5)11-12-25(24)32-15-14-20-16-28(36-8-3)29(37-9-4)19-23(20)31(30)32/h10-13,16-19H,6-9,14-15H2,1-5H3. The van der Waals surface area contributed by atoms with Gasteiger partial charge >= 0.3 is 0 Å². The van der Waals surface area contributed by atoms with Crippen LogP contribution < -0.4 is 23.7 Å². The largest absolute Gasteiger partial charge is 0.497 e. The average molecular weight is 502 g/mol. The Morgan fingerprint density at radius 2 is 1.35 bits per heavy atom. The molecule has 194 valence electrons. The number of hydrogen-bond donors (Lipinski definition) is 0. The first-order valence-electron chi connectivity index (χ1n) is 13.2. The van der Waals surface area contributed by atoms with E-state index in [4.69, 9.17) is 23.7 Å². The summed E-state index contributed by atoms with van der Waals surface area (Å²) in [5.41, 5.74) is 6.97. The smallest absolute Gasteiger partial charge is 0.161 e. The summed E-state index contributed by atoms with van der Waals surface area (Å²) in [6.07, 6.45) is 0.914. The molecule has 1 aliphatic rings. The van der Waals surface area contributed by atoms with Crippen LogP contribution in [0.4, 0.5) is 0 Å². The Morgan fingerprint density at radius 1 is 0.703 bits per heavy atom. The molecule has 5 rings (SSSR count). The molecule has 0 saturated carbocycles. The van der Waals surface area contributed by atoms with Crippen LogP contribution in [0.3, 0.4) is 0 Å². The zero-order valence-corrected chi connectivity index (χ0v) is 22.3. The fraction of sp³-hybridized carbons (Fsp3) is 0.355. The van der Waals surface area contributed by atoms with E-state index in [2.05, 4.69) is 41.0 Å². The molecule has 0 amide bonds. The number of benzene rings is 3. The first-order valence-corrected chi connectivity index (χ1v) is 13.2. The van der Waals surface area contributed by atoms with Crippen LogP contribution in [0.15, 0.2) is 48.5 Å². The zero-order chi connectivity index (χ0) is 25.9. The Bertz CT molecular complexity index is 1420. The zero-order valence-electron chi connectivity index (χ0n) is 22.3. The molecule has 0 spiro atoms. The van der Waals surface area contributed by atoms with E-state index in [0.29, 0.717) is 26.4 Å². The number of aryl methyl sites for hydroxylation is 2. The lowest BCUT2D eigenvalue weighted by Crippen LogP contribution is -2.12. The summed E-state index contributed by atoms with van der Waals surface area (Å²) in [4.78, 5) is 0. The predicted octanol–water partition coefficient (Wildman–Crippen LogP) is 7.13. The van der Waals surface area contributed by atoms with Crippen LogP contribution in [0, 0.1) is 0 Å². The number of aromatic nitrogens is 1. The van der Waals surface area contributed by atoms with Gasteiger partial charge in [-0.25, -0.2) is 0 Å². The van der Waals surface area contributed by atoms with Crippen LogP contribution in [0.1, 0.15) is 33.3 Å². The fourth-order valence-corrected chi connectivity index (χ4v) is 5.27. The minimum absolute atomic E-state index is 0.562. The van der Waals surface area contributed by atoms with Gasteiger partial charge in [0.2, 0.25) is 0 Å². The number of fused-ring (bicyclic) bond motifs is 5. The Labute approximate surface area is 218 Å². The third-order valence-electron chi connectivity index (χ3n) is 6.73. The molecule has 1 aliphatic heterocycles. The lowest BCUT2D eigenvalue weighted by molar-refractivity contribution is 0.287. The molecule has 1 aromatic heterocycles. The van der Waals surface area contributed by atoms with Gasteiger partial charge < -0.3 is 28.3 Å². The van der Waals surface area contributed by atoms with E-state index in [9.17, 15) is 0 Å². The molecular formula is C31H35NO5. The van der Waals surface area contributed by atoms with Gasteiger partial charge in [-0.3, -0.25) is 0 Å². The molecular weight excluding hydrogens is 466 g/mol. The summed E-state index contributed by atoms with van der Waals surface area (Å²) < 4.78 is 31.9. The Morgan fingerprint density at radius 3 is 2.03 bits per heavy atom. The second kappa shape index (κ2) is 10.7. The van der Waals surface area contributed by atoms with Gasteiger partial charge in [-0.1, -0.05) is 6.07 Å². The average Bonchev–Trinajstić information content (AvgIpc) is 3.24. The van der Waals surface area contributed by atoms with E-state index in [-0.39, 0.29) is 0 Å². The third-order valence-corrected chi connectivity index (χ3v) is 6.73. The maximum atomic E-state index is 6.03. The molecule has 0 aliphatic carbocycles. The van der Waals surface area contributed by atoms with Crippen molar-refractivity contribution in [2.75, 3.05) is 33.5 Å². The molecule has 0 saturated heterocycles. The van der Waals surface area contributed by atoms with Gasteiger partial charge in [0.25, 0.3) is 0 Å². The van der Waals surface area contributed by atoms with Crippen LogP contribution in [0.5, 0.6) is 28.7 Å². The second-order valence-corrected chi connectivity index (χ2v) is 8.86. The van der Waals surface area contributed by atoms with E-state index < -0.39 is 0 Å². The predicted molar refractivity (Wildman–Crippen MR) is 148 cm³/mol. The monoisotopic (exact) mass is 501 g/mol. The molecule has 6 heteroatoms. The van der Waals surface area contributed by atoms with Gasteiger partial charge in [0, 0.05) is 28.6 Å². The summed E-state index contributed by atoms with van der Waals surface area (Å²) in [5.74, 6) is 3.90. The Balaban J connectivity index is 1.81. The van der Waals surface area contributed by atoms with E-state index >= 15 is 0 Å². The number of methoxy groups -OCH3 is 1. The van der Waals surface area contributed by atoms with Crippen LogP contribution in [0.2, 0.25) is 0 Å². The van der Waals surface area contributed by atoms with Crippen molar-refractivity contribution in [3.8, 4) is 51.1 Å². The van der Waals surface area contributed by atoms with Crippen molar-refractivity contribution in [2.24, 2.45) is 0 Å². The molecule has 0 unspecified atom stereocenters. The van der Waals surface area contributed by atoms with Crippen LogP contribution >= 0.6 is 0 Å². The highest BCUT2D eigenvalue weighted by Crippen LogP contribution is 2.49. The highest BCUT2D eigenvalue weighted by Gasteiger charge is 2.28. The molecule has 37 heavy (non-hydrogen) atoms. The van der Waals surface area contributed by atoms with Crippen molar-refractivity contribution in [2.45, 2.75) is 40.7 Å². The summed E-state index contributed by atoms with van der Waals surface area (Å²) in [5, 5.41) is 1.14. The first-order chi connectivity index (χ1) is 18.1. The van der Waals surface area contributed by atoms with Gasteiger partial charge in [0.1, 0.15) is 5.75 Å². The number of nitrogens with zero attached hydrogens (tertiary/aromatic N) is 1. The van der Waals surface area contributed by atoms with Gasteiger partial charge in [-0.15, -0.1) is 0 Å². The topological polar surface area (TPSA) is 51.1 Å². The molecule has 0 atom stereocenters. The Hall–Kier alpha value is -3.80. The molecule has 0 radical (unpaired) electrons. The summed E-state index contributed by atoms with van der Waals surface area (Å²) >= 11 is 0. The minimum atomic E-state index is 0.562. The van der Waals surface area contributed by atoms with Crippen molar-refractivity contribution < 1.29 is 23.7 Å². The molecule has 0 bridgehead atoms. The summed E-state index contributed by atoms with van der Waals surface area (Å²) in [7, 11) is 1.71. The van der Waals surface area contributed by atoms with Gasteiger partial charge in [-0.05, 0) is 87.7 Å². The van der Waals surface area contributed by atoms with Gasteiger partial charge in [0.05, 0.1) is 39.2 Å². The van der Waals surface area contributed by atoms with Crippen molar-refractivity contribution in [1.82, 2.24) is 4.57 Å². The van der Waals surface area contributed by atoms with Crippen LogP contribution in [0.25, 0.3) is 33.3 Å². The molecule has 6 nitrogen and oxygen atoms in total. The second-order valence-electron chi connectivity index (χ2n) is 8.86. The molecule has 0 N–H and O–H groups in total. The highest BCUT2D eigenvalue weighted by atomic mass is 16.5. The number of rotatable bonds is 10. The van der Waals surface area contributed by atoms with Crippen molar-refractivity contribution in [3.63, 3.8) is 0 Å². The molecule has 2 heterocycles. The fourth-order valence-electron chi connectivity index (χ4n) is 5.27. The van der Waals surface area contributed by atoms with Gasteiger partial charge in [0.15, 0.2) is 23.0 Å².